The van der Waals surface area contributed by atoms with Crippen molar-refractivity contribution in [1.29, 1.82) is 0 Å². The Morgan fingerprint density at radius 1 is 1.12 bits per heavy atom. The Kier molecular flexibility index (Phi) is 3.15. The lowest BCUT2D eigenvalue weighted by atomic mass is 10.1. The topological polar surface area (TPSA) is 22.0 Å². The third-order valence-corrected chi connectivity index (χ3v) is 2.96. The molecule has 1 heterocycles. The van der Waals surface area contributed by atoms with Gasteiger partial charge in [-0.15, -0.1) is 0 Å². The Bertz CT molecular complexity index is 546. The molecule has 0 fully saturated rings. The highest BCUT2D eigenvalue weighted by atomic mass is 32.1. The van der Waals surface area contributed by atoms with Crippen LogP contribution in [0.25, 0.3) is 11.3 Å². The van der Waals surface area contributed by atoms with Crippen LogP contribution in [-0.2, 0) is 12.8 Å². The smallest absolute Gasteiger partial charge is 0.254 e. The second kappa shape index (κ2) is 4.58. The van der Waals surface area contributed by atoms with Crippen LogP contribution in [-0.4, -0.2) is 4.57 Å². The molecule has 0 amide bonds. The molecule has 0 spiro atoms. The van der Waals surface area contributed by atoms with E-state index in [4.69, 9.17) is 0 Å². The molecule has 16 heavy (non-hydrogen) atoms. The number of benzene rings is 1. The summed E-state index contributed by atoms with van der Waals surface area (Å²) < 4.78 is 1.67. The Balaban J connectivity index is 2.61. The molecule has 0 aliphatic rings. The summed E-state index contributed by atoms with van der Waals surface area (Å²) in [4.78, 5) is 11.9. The quantitative estimate of drug-likeness (QED) is 0.788. The van der Waals surface area contributed by atoms with E-state index in [0.29, 0.717) is 5.75 Å². The summed E-state index contributed by atoms with van der Waals surface area (Å²) in [5.41, 5.74) is 2.73. The van der Waals surface area contributed by atoms with Crippen LogP contribution in [0, 0.1) is 0 Å². The summed E-state index contributed by atoms with van der Waals surface area (Å²) in [6, 6.07) is 13.7. The van der Waals surface area contributed by atoms with E-state index in [-0.39, 0.29) is 5.56 Å². The first-order valence-electron chi connectivity index (χ1n) is 5.09. The van der Waals surface area contributed by atoms with Gasteiger partial charge in [0.2, 0.25) is 0 Å². The summed E-state index contributed by atoms with van der Waals surface area (Å²) in [6.45, 7) is 0. The highest BCUT2D eigenvalue weighted by molar-refractivity contribution is 7.79. The van der Waals surface area contributed by atoms with Crippen LogP contribution >= 0.6 is 12.6 Å². The summed E-state index contributed by atoms with van der Waals surface area (Å²) in [7, 11) is 1.79. The van der Waals surface area contributed by atoms with Crippen LogP contribution in [0.1, 0.15) is 5.56 Å². The molecule has 0 N–H and O–H groups in total. The van der Waals surface area contributed by atoms with Crippen LogP contribution in [0.2, 0.25) is 0 Å². The van der Waals surface area contributed by atoms with Crippen molar-refractivity contribution in [2.24, 2.45) is 7.05 Å². The van der Waals surface area contributed by atoms with Crippen molar-refractivity contribution in [2.75, 3.05) is 0 Å². The molecule has 0 radical (unpaired) electrons. The average Bonchev–Trinajstić information content (AvgIpc) is 2.34. The second-order valence-corrected chi connectivity index (χ2v) is 3.95. The summed E-state index contributed by atoms with van der Waals surface area (Å²) >= 11 is 4.14. The molecule has 1 aromatic heterocycles. The van der Waals surface area contributed by atoms with Gasteiger partial charge in [0.15, 0.2) is 0 Å². The number of aromatic nitrogens is 1. The molecule has 0 atom stereocenters. The van der Waals surface area contributed by atoms with Crippen molar-refractivity contribution in [1.82, 2.24) is 4.57 Å². The zero-order valence-corrected chi connectivity index (χ0v) is 9.95. The lowest BCUT2D eigenvalue weighted by molar-refractivity contribution is 0.857. The second-order valence-electron chi connectivity index (χ2n) is 3.63. The Morgan fingerprint density at radius 3 is 2.44 bits per heavy atom. The minimum atomic E-state index is 0.0244. The normalized spacial score (nSPS) is 10.4. The lowest BCUT2D eigenvalue weighted by Gasteiger charge is -2.09. The maximum atomic E-state index is 11.9. The first kappa shape index (κ1) is 11.0. The minimum Gasteiger partial charge on any atom is -0.311 e. The van der Waals surface area contributed by atoms with Crippen LogP contribution < -0.4 is 5.56 Å². The maximum absolute atomic E-state index is 11.9. The van der Waals surface area contributed by atoms with Crippen molar-refractivity contribution < 1.29 is 0 Å². The molecule has 1 aromatic carbocycles. The van der Waals surface area contributed by atoms with Crippen molar-refractivity contribution in [3.63, 3.8) is 0 Å². The zero-order valence-electron chi connectivity index (χ0n) is 9.05. The fraction of sp³-hybridized carbons (Fsp3) is 0.154. The lowest BCUT2D eigenvalue weighted by Crippen LogP contribution is -2.21. The number of hydrogen-bond donors (Lipinski definition) is 1. The molecule has 0 unspecified atom stereocenters. The third kappa shape index (κ3) is 1.91. The van der Waals surface area contributed by atoms with E-state index in [1.807, 2.05) is 42.5 Å². The highest BCUT2D eigenvalue weighted by Gasteiger charge is 2.05. The van der Waals surface area contributed by atoms with Gasteiger partial charge in [0, 0.05) is 18.4 Å². The number of nitrogens with zero attached hydrogens (tertiary/aromatic N) is 1. The van der Waals surface area contributed by atoms with Gasteiger partial charge >= 0.3 is 0 Å². The van der Waals surface area contributed by atoms with E-state index in [1.165, 1.54) is 0 Å². The Labute approximate surface area is 100.0 Å². The van der Waals surface area contributed by atoms with Crippen LogP contribution in [0.5, 0.6) is 0 Å². The van der Waals surface area contributed by atoms with Crippen LogP contribution in [0.3, 0.4) is 0 Å². The van der Waals surface area contributed by atoms with E-state index in [9.17, 15) is 4.79 Å². The average molecular weight is 231 g/mol. The molecule has 0 bridgehead atoms. The van der Waals surface area contributed by atoms with Crippen molar-refractivity contribution in [2.45, 2.75) is 5.75 Å². The van der Waals surface area contributed by atoms with Gasteiger partial charge in [-0.2, -0.15) is 12.6 Å². The van der Waals surface area contributed by atoms with Crippen molar-refractivity contribution in [3.05, 3.63) is 58.4 Å². The Hall–Kier alpha value is -1.48. The number of rotatable bonds is 2. The van der Waals surface area contributed by atoms with E-state index >= 15 is 0 Å². The molecule has 0 aliphatic heterocycles. The monoisotopic (exact) mass is 231 g/mol. The molecule has 3 heteroatoms. The number of hydrogen-bond acceptors (Lipinski definition) is 2. The van der Waals surface area contributed by atoms with Gasteiger partial charge in [0.25, 0.3) is 5.56 Å². The maximum Gasteiger partial charge on any atom is 0.254 e. The first-order chi connectivity index (χ1) is 7.74. The SMILES string of the molecule is Cn1c(-c2ccccc2)ccc(CS)c1=O. The molecular formula is C13H13NOS. The van der Waals surface area contributed by atoms with E-state index in [0.717, 1.165) is 16.8 Å². The van der Waals surface area contributed by atoms with Crippen molar-refractivity contribution >= 4 is 12.6 Å². The molecule has 2 aromatic rings. The number of thiol groups is 1. The fourth-order valence-electron chi connectivity index (χ4n) is 1.71. The fourth-order valence-corrected chi connectivity index (χ4v) is 1.95. The molecular weight excluding hydrogens is 218 g/mol. The predicted molar refractivity (Wildman–Crippen MR) is 69.8 cm³/mol. The molecule has 0 saturated carbocycles. The standard InChI is InChI=1S/C13H13NOS/c1-14-12(10-5-3-2-4-6-10)8-7-11(9-16)13(14)15/h2-8,16H,9H2,1H3. The molecule has 2 rings (SSSR count). The molecule has 82 valence electrons. The van der Waals surface area contributed by atoms with Gasteiger partial charge in [-0.05, 0) is 11.6 Å². The van der Waals surface area contributed by atoms with E-state index in [2.05, 4.69) is 12.6 Å². The summed E-state index contributed by atoms with van der Waals surface area (Å²) in [5.74, 6) is 0.474. The van der Waals surface area contributed by atoms with Gasteiger partial charge in [-0.1, -0.05) is 36.4 Å². The van der Waals surface area contributed by atoms with Crippen molar-refractivity contribution in [3.8, 4) is 11.3 Å². The van der Waals surface area contributed by atoms with Crippen LogP contribution in [0.15, 0.2) is 47.3 Å². The summed E-state index contributed by atoms with van der Waals surface area (Å²) in [5, 5.41) is 0. The molecule has 2 nitrogen and oxygen atoms in total. The van der Waals surface area contributed by atoms with Gasteiger partial charge < -0.3 is 4.57 Å². The van der Waals surface area contributed by atoms with E-state index in [1.54, 1.807) is 11.6 Å². The van der Waals surface area contributed by atoms with Gasteiger partial charge in [-0.3, -0.25) is 4.79 Å². The molecule has 0 aliphatic carbocycles. The van der Waals surface area contributed by atoms with Gasteiger partial charge in [-0.25, -0.2) is 0 Å². The number of pyridine rings is 1. The summed E-state index contributed by atoms with van der Waals surface area (Å²) in [6.07, 6.45) is 0. The third-order valence-electron chi connectivity index (χ3n) is 2.62. The highest BCUT2D eigenvalue weighted by Crippen LogP contribution is 2.16. The van der Waals surface area contributed by atoms with Crippen LogP contribution in [0.4, 0.5) is 0 Å². The van der Waals surface area contributed by atoms with E-state index < -0.39 is 0 Å². The minimum absolute atomic E-state index is 0.0244. The first-order valence-corrected chi connectivity index (χ1v) is 5.72. The largest absolute Gasteiger partial charge is 0.311 e. The Morgan fingerprint density at radius 2 is 1.81 bits per heavy atom. The predicted octanol–water partition coefficient (Wildman–Crippen LogP) is 2.48. The molecule has 0 saturated heterocycles. The van der Waals surface area contributed by atoms with Gasteiger partial charge in [0.1, 0.15) is 0 Å². The van der Waals surface area contributed by atoms with Gasteiger partial charge in [0.05, 0.1) is 5.69 Å². The zero-order chi connectivity index (χ0) is 11.5.